The number of ether oxygens (including phenoxy) is 5. The summed E-state index contributed by atoms with van der Waals surface area (Å²) in [6.45, 7) is 14.3. The maximum Gasteiger partial charge on any atom is 0.306 e. The standard InChI is InChI=1S/C34H50N4O11S/c1-19(2)13-27(39)45-18-26-31(47-28(40)14-20(3)4)32(48-29(41)15-21(5)6)33(49-30(42)16-22(7)8)34(46-26)38-17-25(36-37-38)23-9-11-24(12-10-23)50(35,43)44/h9-12,17,19-22,26,31-34H,13-16,18H2,1-8H3,(H2,35,43,44)/t26-,31-,32+,33-,34-/m1/s1. The van der Waals surface area contributed by atoms with E-state index in [1.54, 1.807) is 0 Å². The molecule has 5 atom stereocenters. The van der Waals surface area contributed by atoms with Crippen molar-refractivity contribution in [3.05, 3.63) is 30.5 Å². The Morgan fingerprint density at radius 2 is 1.20 bits per heavy atom. The first kappa shape index (κ1) is 40.5. The van der Waals surface area contributed by atoms with Gasteiger partial charge in [-0.3, -0.25) is 19.2 Å². The van der Waals surface area contributed by atoms with Gasteiger partial charge in [0.1, 0.15) is 18.4 Å². The predicted molar refractivity (Wildman–Crippen MR) is 179 cm³/mol. The van der Waals surface area contributed by atoms with E-state index in [4.69, 9.17) is 28.8 Å². The number of rotatable bonds is 16. The van der Waals surface area contributed by atoms with Crippen LogP contribution in [0.25, 0.3) is 11.3 Å². The van der Waals surface area contributed by atoms with Crippen LogP contribution in [-0.2, 0) is 52.9 Å². The van der Waals surface area contributed by atoms with E-state index in [1.165, 1.54) is 35.1 Å². The molecule has 1 aromatic heterocycles. The summed E-state index contributed by atoms with van der Waals surface area (Å²) in [4.78, 5) is 52.1. The van der Waals surface area contributed by atoms with Crippen LogP contribution in [0, 0.1) is 23.7 Å². The van der Waals surface area contributed by atoms with E-state index in [9.17, 15) is 27.6 Å². The summed E-state index contributed by atoms with van der Waals surface area (Å²) in [5.41, 5.74) is 0.771. The van der Waals surface area contributed by atoms with Crippen molar-refractivity contribution in [2.45, 2.75) is 117 Å². The van der Waals surface area contributed by atoms with Gasteiger partial charge in [-0.15, -0.1) is 5.10 Å². The molecule has 1 aliphatic heterocycles. The maximum absolute atomic E-state index is 13.2. The molecule has 3 rings (SSSR count). The van der Waals surface area contributed by atoms with Crippen LogP contribution >= 0.6 is 0 Å². The van der Waals surface area contributed by atoms with E-state index >= 15 is 0 Å². The molecule has 16 heteroatoms. The van der Waals surface area contributed by atoms with Gasteiger partial charge < -0.3 is 23.7 Å². The summed E-state index contributed by atoms with van der Waals surface area (Å²) in [5.74, 6) is -2.64. The van der Waals surface area contributed by atoms with Crippen molar-refractivity contribution in [1.82, 2.24) is 15.0 Å². The summed E-state index contributed by atoms with van der Waals surface area (Å²) in [7, 11) is -3.93. The highest BCUT2D eigenvalue weighted by molar-refractivity contribution is 7.89. The zero-order chi connectivity index (χ0) is 37.3. The van der Waals surface area contributed by atoms with Crippen LogP contribution in [-0.4, -0.2) is 78.3 Å². The molecule has 0 saturated carbocycles. The topological polar surface area (TPSA) is 205 Å². The van der Waals surface area contributed by atoms with Crippen LogP contribution in [0.2, 0.25) is 0 Å². The Kier molecular flexibility index (Phi) is 14.5. The van der Waals surface area contributed by atoms with Gasteiger partial charge in [0.25, 0.3) is 0 Å². The van der Waals surface area contributed by atoms with Gasteiger partial charge in [-0.05, 0) is 35.8 Å². The van der Waals surface area contributed by atoms with Crippen molar-refractivity contribution >= 4 is 33.9 Å². The van der Waals surface area contributed by atoms with E-state index in [2.05, 4.69) is 10.3 Å². The molecule has 0 aliphatic carbocycles. The predicted octanol–water partition coefficient (Wildman–Crippen LogP) is 3.95. The van der Waals surface area contributed by atoms with E-state index in [-0.39, 0.29) is 60.9 Å². The summed E-state index contributed by atoms with van der Waals surface area (Å²) >= 11 is 0. The van der Waals surface area contributed by atoms with Crippen LogP contribution in [0.5, 0.6) is 0 Å². The highest BCUT2D eigenvalue weighted by atomic mass is 32.2. The highest BCUT2D eigenvalue weighted by Gasteiger charge is 2.54. The highest BCUT2D eigenvalue weighted by Crippen LogP contribution is 2.36. The molecule has 0 radical (unpaired) electrons. The van der Waals surface area contributed by atoms with Gasteiger partial charge in [0, 0.05) is 31.2 Å². The zero-order valence-corrected chi connectivity index (χ0v) is 30.8. The summed E-state index contributed by atoms with van der Waals surface area (Å²) in [5, 5.41) is 13.7. The molecule has 15 nitrogen and oxygen atoms in total. The lowest BCUT2D eigenvalue weighted by atomic mass is 9.96. The molecule has 0 bridgehead atoms. The Labute approximate surface area is 293 Å². The second-order valence-corrected chi connectivity index (χ2v) is 15.7. The number of aromatic nitrogens is 3. The first-order chi connectivity index (χ1) is 23.3. The minimum Gasteiger partial charge on any atom is -0.463 e. The second kappa shape index (κ2) is 17.9. The smallest absolute Gasteiger partial charge is 0.306 e. The lowest BCUT2D eigenvalue weighted by Gasteiger charge is -2.44. The number of benzene rings is 1. The minimum atomic E-state index is -3.93. The van der Waals surface area contributed by atoms with Crippen molar-refractivity contribution in [2.24, 2.45) is 28.8 Å². The molecule has 1 aliphatic rings. The van der Waals surface area contributed by atoms with E-state index in [0.29, 0.717) is 11.3 Å². The van der Waals surface area contributed by atoms with E-state index in [0.717, 1.165) is 0 Å². The number of hydrogen-bond acceptors (Lipinski definition) is 13. The van der Waals surface area contributed by atoms with Gasteiger partial charge in [-0.25, -0.2) is 18.2 Å². The van der Waals surface area contributed by atoms with Crippen molar-refractivity contribution < 1.29 is 51.3 Å². The largest absolute Gasteiger partial charge is 0.463 e. The van der Waals surface area contributed by atoms with Crippen LogP contribution in [0.1, 0.15) is 87.3 Å². The Hall–Kier alpha value is -3.89. The molecule has 0 spiro atoms. The van der Waals surface area contributed by atoms with Crippen molar-refractivity contribution in [2.75, 3.05) is 6.61 Å². The first-order valence-electron chi connectivity index (χ1n) is 16.8. The molecular formula is C34H50N4O11S. The van der Waals surface area contributed by atoms with Gasteiger partial charge in [0.15, 0.2) is 24.5 Å². The van der Waals surface area contributed by atoms with Gasteiger partial charge in [0.2, 0.25) is 10.0 Å². The summed E-state index contributed by atoms with van der Waals surface area (Å²) in [6, 6.07) is 5.62. The number of nitrogens with zero attached hydrogens (tertiary/aromatic N) is 3. The molecule has 1 fully saturated rings. The van der Waals surface area contributed by atoms with Crippen molar-refractivity contribution in [1.29, 1.82) is 0 Å². The number of sulfonamides is 1. The summed E-state index contributed by atoms with van der Waals surface area (Å²) < 4.78 is 54.6. The molecular weight excluding hydrogens is 672 g/mol. The fraction of sp³-hybridized carbons (Fsp3) is 0.647. The number of primary sulfonamides is 1. The Balaban J connectivity index is 2.14. The molecule has 1 aromatic carbocycles. The quantitative estimate of drug-likeness (QED) is 0.193. The van der Waals surface area contributed by atoms with Crippen LogP contribution < -0.4 is 5.14 Å². The third kappa shape index (κ3) is 12.2. The maximum atomic E-state index is 13.2. The van der Waals surface area contributed by atoms with Crippen LogP contribution in [0.3, 0.4) is 0 Å². The molecule has 50 heavy (non-hydrogen) atoms. The van der Waals surface area contributed by atoms with Crippen LogP contribution in [0.4, 0.5) is 0 Å². The number of esters is 4. The first-order valence-corrected chi connectivity index (χ1v) is 18.3. The van der Waals surface area contributed by atoms with E-state index in [1.807, 2.05) is 55.4 Å². The molecule has 2 N–H and O–H groups in total. The van der Waals surface area contributed by atoms with Gasteiger partial charge in [-0.1, -0.05) is 72.7 Å². The Morgan fingerprint density at radius 1 is 0.740 bits per heavy atom. The number of carbonyl (C=O) groups excluding carboxylic acids is 4. The third-order valence-electron chi connectivity index (χ3n) is 7.37. The normalized spacial score (nSPS) is 21.0. The lowest BCUT2D eigenvalue weighted by Crippen LogP contribution is -2.61. The molecule has 0 amide bonds. The fourth-order valence-corrected chi connectivity index (χ4v) is 5.68. The zero-order valence-electron chi connectivity index (χ0n) is 29.9. The van der Waals surface area contributed by atoms with Crippen LogP contribution in [0.15, 0.2) is 35.4 Å². The van der Waals surface area contributed by atoms with E-state index < -0.39 is 64.5 Å². The average molecular weight is 723 g/mol. The monoisotopic (exact) mass is 722 g/mol. The molecule has 2 heterocycles. The van der Waals surface area contributed by atoms with Crippen molar-refractivity contribution in [3.63, 3.8) is 0 Å². The number of hydrogen-bond donors (Lipinski definition) is 1. The molecule has 2 aromatic rings. The second-order valence-electron chi connectivity index (χ2n) is 14.2. The Bertz CT molecular complexity index is 1570. The summed E-state index contributed by atoms with van der Waals surface area (Å²) in [6.07, 6.45) is -4.98. The number of nitrogens with two attached hydrogens (primary N) is 1. The molecule has 1 saturated heterocycles. The third-order valence-corrected chi connectivity index (χ3v) is 8.30. The SMILES string of the molecule is CC(C)CC(=O)OC[C@H]1O[C@@H](n2cc(-c3ccc(S(N)(=O)=O)cc3)nn2)[C@H](OC(=O)CC(C)C)[C@@H](OC(=O)CC(C)C)[C@@H]1OC(=O)CC(C)C. The molecule has 278 valence electrons. The van der Waals surface area contributed by atoms with Crippen molar-refractivity contribution in [3.8, 4) is 11.3 Å². The lowest BCUT2D eigenvalue weighted by molar-refractivity contribution is -0.272. The number of carbonyl (C=O) groups is 4. The average Bonchev–Trinajstić information content (AvgIpc) is 3.46. The van der Waals surface area contributed by atoms with Gasteiger partial charge >= 0.3 is 23.9 Å². The molecule has 0 unspecified atom stereocenters. The minimum absolute atomic E-state index is 0.00396. The van der Waals surface area contributed by atoms with Gasteiger partial charge in [-0.2, -0.15) is 0 Å². The van der Waals surface area contributed by atoms with Gasteiger partial charge in [0.05, 0.1) is 11.1 Å². The Morgan fingerprint density at radius 3 is 1.68 bits per heavy atom. The fourth-order valence-electron chi connectivity index (χ4n) is 5.16.